The minimum Gasteiger partial charge on any atom is -0.338 e. The van der Waals surface area contributed by atoms with Crippen LogP contribution in [0.3, 0.4) is 0 Å². The number of aromatic amines is 1. The second-order valence-corrected chi connectivity index (χ2v) is 7.60. The Kier molecular flexibility index (Phi) is 5.20. The fourth-order valence-electron chi connectivity index (χ4n) is 3.91. The van der Waals surface area contributed by atoms with Crippen molar-refractivity contribution < 1.29 is 13.6 Å². The van der Waals surface area contributed by atoms with Crippen molar-refractivity contribution >= 4 is 22.4 Å². The Hall–Kier alpha value is -3.35. The minimum atomic E-state index is -1.02. The van der Waals surface area contributed by atoms with Gasteiger partial charge in [-0.15, -0.1) is 0 Å². The molecule has 154 valence electrons. The molecule has 1 amide bonds. The van der Waals surface area contributed by atoms with Gasteiger partial charge in [0.1, 0.15) is 0 Å². The van der Waals surface area contributed by atoms with E-state index in [2.05, 4.69) is 16.0 Å². The van der Waals surface area contributed by atoms with Crippen molar-refractivity contribution in [2.45, 2.75) is 26.7 Å². The van der Waals surface area contributed by atoms with E-state index in [9.17, 15) is 18.4 Å². The van der Waals surface area contributed by atoms with Gasteiger partial charge in [-0.2, -0.15) is 0 Å². The number of carbonyl (C=O) groups excluding carboxylic acids is 1. The molecule has 0 aliphatic carbocycles. The number of hydrogen-bond donors (Lipinski definition) is 1. The molecule has 4 rings (SSSR count). The van der Waals surface area contributed by atoms with Gasteiger partial charge < -0.3 is 9.88 Å². The minimum absolute atomic E-state index is 0.00228. The molecule has 0 atom stereocenters. The zero-order valence-electron chi connectivity index (χ0n) is 16.8. The summed E-state index contributed by atoms with van der Waals surface area (Å²) in [5.74, 6) is -2.25. The normalized spacial score (nSPS) is 14.1. The van der Waals surface area contributed by atoms with E-state index in [1.165, 1.54) is 6.07 Å². The van der Waals surface area contributed by atoms with Crippen molar-refractivity contribution in [3.8, 4) is 0 Å². The molecule has 5 nitrogen and oxygen atoms in total. The highest BCUT2D eigenvalue weighted by molar-refractivity contribution is 5.87. The molecule has 0 saturated carbocycles. The molecule has 30 heavy (non-hydrogen) atoms. The Morgan fingerprint density at radius 1 is 1.23 bits per heavy atom. The molecule has 3 heterocycles. The summed E-state index contributed by atoms with van der Waals surface area (Å²) >= 11 is 0. The van der Waals surface area contributed by atoms with Crippen LogP contribution in [0.15, 0.2) is 41.5 Å². The molecule has 1 N–H and O–H groups in total. The number of nitrogens with one attached hydrogen (secondary N) is 1. The quantitative estimate of drug-likeness (QED) is 0.718. The number of hydrogen-bond acceptors (Lipinski definition) is 3. The number of fused-ring (bicyclic) bond motifs is 1. The van der Waals surface area contributed by atoms with Crippen molar-refractivity contribution in [1.82, 2.24) is 14.9 Å². The van der Waals surface area contributed by atoms with E-state index in [1.54, 1.807) is 24.2 Å². The number of aromatic nitrogens is 2. The van der Waals surface area contributed by atoms with Gasteiger partial charge in [0.25, 0.3) is 5.56 Å². The number of carbonyl (C=O) groups is 1. The monoisotopic (exact) mass is 409 g/mol. The standard InChI is InChI=1S/C23H21F2N3O2/c1-13-8-16(11-26-10-13)15-4-3-7-28(12-15)20(29)9-17-14(2)21-19(27-23(17)30)6-5-18(24)22(21)25/h4-6,8,10-11H,3,7,9,12H2,1-2H3,(H,27,30). The first kappa shape index (κ1) is 19.9. The maximum absolute atomic E-state index is 14.3. The van der Waals surface area contributed by atoms with Gasteiger partial charge in [-0.25, -0.2) is 8.78 Å². The molecule has 2 aromatic heterocycles. The van der Waals surface area contributed by atoms with Gasteiger partial charge in [-0.1, -0.05) is 6.08 Å². The van der Waals surface area contributed by atoms with E-state index in [1.807, 2.05) is 13.0 Å². The highest BCUT2D eigenvalue weighted by atomic mass is 19.2. The van der Waals surface area contributed by atoms with Gasteiger partial charge in [0.2, 0.25) is 5.91 Å². The van der Waals surface area contributed by atoms with Crippen LogP contribution in [0.25, 0.3) is 16.5 Å². The molecule has 3 aromatic rings. The number of H-pyrrole nitrogens is 1. The summed E-state index contributed by atoms with van der Waals surface area (Å²) in [5, 5.41) is 0.00228. The van der Waals surface area contributed by atoms with Gasteiger partial charge in [0.05, 0.1) is 11.9 Å². The number of nitrogens with zero attached hydrogens (tertiary/aromatic N) is 2. The van der Waals surface area contributed by atoms with Gasteiger partial charge in [0.15, 0.2) is 11.6 Å². The summed E-state index contributed by atoms with van der Waals surface area (Å²) in [7, 11) is 0. The number of halogens is 2. The van der Waals surface area contributed by atoms with Crippen molar-refractivity contribution in [3.63, 3.8) is 0 Å². The highest BCUT2D eigenvalue weighted by Gasteiger charge is 2.23. The van der Waals surface area contributed by atoms with Gasteiger partial charge in [-0.3, -0.25) is 14.6 Å². The summed E-state index contributed by atoms with van der Waals surface area (Å²) in [5.41, 5.74) is 3.19. The number of aryl methyl sites for hydroxylation is 2. The maximum Gasteiger partial charge on any atom is 0.252 e. The first-order chi connectivity index (χ1) is 14.3. The van der Waals surface area contributed by atoms with E-state index < -0.39 is 17.2 Å². The second-order valence-electron chi connectivity index (χ2n) is 7.60. The largest absolute Gasteiger partial charge is 0.338 e. The SMILES string of the molecule is Cc1cncc(C2=CCCN(C(=O)Cc3c(C)c4c(F)c(F)ccc4[nH]c3=O)C2)c1. The van der Waals surface area contributed by atoms with Crippen LogP contribution in [0.2, 0.25) is 0 Å². The van der Waals surface area contributed by atoms with E-state index in [-0.39, 0.29) is 34.4 Å². The Morgan fingerprint density at radius 2 is 2.03 bits per heavy atom. The van der Waals surface area contributed by atoms with Crippen LogP contribution >= 0.6 is 0 Å². The lowest BCUT2D eigenvalue weighted by Gasteiger charge is -2.28. The summed E-state index contributed by atoms with van der Waals surface area (Å²) in [4.78, 5) is 34.0. The summed E-state index contributed by atoms with van der Waals surface area (Å²) in [6.45, 7) is 4.45. The van der Waals surface area contributed by atoms with Crippen LogP contribution in [-0.2, 0) is 11.2 Å². The predicted octanol–water partition coefficient (Wildman–Crippen LogP) is 3.68. The van der Waals surface area contributed by atoms with Crippen molar-refractivity contribution in [2.75, 3.05) is 13.1 Å². The van der Waals surface area contributed by atoms with Crippen molar-refractivity contribution in [3.05, 3.63) is 80.9 Å². The lowest BCUT2D eigenvalue weighted by atomic mass is 9.99. The fourth-order valence-corrected chi connectivity index (χ4v) is 3.91. The average Bonchev–Trinajstić information content (AvgIpc) is 2.73. The molecule has 0 unspecified atom stereocenters. The number of pyridine rings is 2. The Bertz CT molecular complexity index is 1250. The third-order valence-electron chi connectivity index (χ3n) is 5.52. The van der Waals surface area contributed by atoms with Crippen molar-refractivity contribution in [1.29, 1.82) is 0 Å². The average molecular weight is 409 g/mol. The van der Waals surface area contributed by atoms with Crippen molar-refractivity contribution in [2.24, 2.45) is 0 Å². The van der Waals surface area contributed by atoms with Crippen LogP contribution in [0.5, 0.6) is 0 Å². The van der Waals surface area contributed by atoms with Gasteiger partial charge in [0, 0.05) is 36.4 Å². The summed E-state index contributed by atoms with van der Waals surface area (Å²) in [6.07, 6.45) is 6.15. The summed E-state index contributed by atoms with van der Waals surface area (Å²) < 4.78 is 28.0. The number of benzene rings is 1. The van der Waals surface area contributed by atoms with Crippen LogP contribution in [0.4, 0.5) is 8.78 Å². The molecule has 1 aliphatic heterocycles. The maximum atomic E-state index is 14.3. The van der Waals surface area contributed by atoms with Crippen LogP contribution in [-0.4, -0.2) is 33.9 Å². The number of amides is 1. The molecular formula is C23H21F2N3O2. The van der Waals surface area contributed by atoms with Crippen LogP contribution < -0.4 is 5.56 Å². The molecule has 0 spiro atoms. The molecule has 0 bridgehead atoms. The lowest BCUT2D eigenvalue weighted by Crippen LogP contribution is -2.37. The predicted molar refractivity (Wildman–Crippen MR) is 111 cm³/mol. The molecule has 1 aliphatic rings. The first-order valence-electron chi connectivity index (χ1n) is 9.73. The smallest absolute Gasteiger partial charge is 0.252 e. The van der Waals surface area contributed by atoms with Gasteiger partial charge >= 0.3 is 0 Å². The van der Waals surface area contributed by atoms with E-state index >= 15 is 0 Å². The third-order valence-corrected chi connectivity index (χ3v) is 5.52. The fraction of sp³-hybridized carbons (Fsp3) is 0.261. The Balaban J connectivity index is 1.61. The third kappa shape index (κ3) is 3.63. The lowest BCUT2D eigenvalue weighted by molar-refractivity contribution is -0.130. The topological polar surface area (TPSA) is 66.1 Å². The molecule has 0 fully saturated rings. The van der Waals surface area contributed by atoms with Crippen LogP contribution in [0.1, 0.15) is 28.7 Å². The van der Waals surface area contributed by atoms with Crippen LogP contribution in [0, 0.1) is 25.5 Å². The Labute approximate surface area is 172 Å². The van der Waals surface area contributed by atoms with E-state index in [0.29, 0.717) is 19.5 Å². The molecular weight excluding hydrogens is 388 g/mol. The van der Waals surface area contributed by atoms with E-state index in [4.69, 9.17) is 0 Å². The molecule has 1 aromatic carbocycles. The Morgan fingerprint density at radius 3 is 2.80 bits per heavy atom. The van der Waals surface area contributed by atoms with E-state index in [0.717, 1.165) is 22.8 Å². The highest BCUT2D eigenvalue weighted by Crippen LogP contribution is 2.25. The summed E-state index contributed by atoms with van der Waals surface area (Å²) in [6, 6.07) is 4.31. The zero-order valence-corrected chi connectivity index (χ0v) is 16.8. The number of rotatable bonds is 3. The molecule has 7 heteroatoms. The molecule has 0 saturated heterocycles. The zero-order chi connectivity index (χ0) is 21.4. The second kappa shape index (κ2) is 7.82. The van der Waals surface area contributed by atoms with Gasteiger partial charge in [-0.05, 0) is 60.7 Å². The first-order valence-corrected chi connectivity index (χ1v) is 9.73. The molecule has 0 radical (unpaired) electrons.